The van der Waals surface area contributed by atoms with Crippen molar-refractivity contribution in [1.29, 1.82) is 0 Å². The Kier molecular flexibility index (Phi) is 11.0. The van der Waals surface area contributed by atoms with Crippen LogP contribution in [0.2, 0.25) is 0 Å². The van der Waals surface area contributed by atoms with Crippen LogP contribution in [-0.2, 0) is 19.1 Å². The number of nitrogens with zero attached hydrogens (tertiary/aromatic N) is 3. The number of aliphatic imine (C=N–C) groups is 1. The topological polar surface area (TPSA) is 83.5 Å². The predicted octanol–water partition coefficient (Wildman–Crippen LogP) is 1.09. The number of carbonyl (C=O) groups excluding carboxylic acids is 2. The molecule has 0 aromatic rings. The maximum atomic E-state index is 12.1. The number of likely N-dealkylation sites (tertiary alicyclic amines) is 1. The van der Waals surface area contributed by atoms with Crippen molar-refractivity contribution in [2.24, 2.45) is 10.9 Å². The van der Waals surface area contributed by atoms with Crippen LogP contribution in [0.4, 0.5) is 0 Å². The summed E-state index contributed by atoms with van der Waals surface area (Å²) in [4.78, 5) is 32.1. The number of guanidine groups is 1. The second-order valence-electron chi connectivity index (χ2n) is 6.98. The van der Waals surface area contributed by atoms with E-state index >= 15 is 0 Å². The standard InChI is InChI=1S/C18H32N4O4.HI/c1-4-25-17(24)14-7-5-9-22(13-14)18(20-12-16(23)21(2)3)19-11-15-8-6-10-26-15;/h14-15H,4-13H2,1-3H3,(H,19,20);1H. The van der Waals surface area contributed by atoms with Gasteiger partial charge < -0.3 is 24.6 Å². The van der Waals surface area contributed by atoms with Crippen molar-refractivity contribution in [3.63, 3.8) is 0 Å². The quantitative estimate of drug-likeness (QED) is 0.257. The summed E-state index contributed by atoms with van der Waals surface area (Å²) in [6.45, 7) is 5.13. The van der Waals surface area contributed by atoms with Gasteiger partial charge in [0.2, 0.25) is 5.91 Å². The second-order valence-corrected chi connectivity index (χ2v) is 6.98. The van der Waals surface area contributed by atoms with Crippen LogP contribution in [0.1, 0.15) is 32.6 Å². The monoisotopic (exact) mass is 496 g/mol. The molecular formula is C18H33IN4O4. The van der Waals surface area contributed by atoms with Gasteiger partial charge in [-0.3, -0.25) is 9.59 Å². The highest BCUT2D eigenvalue weighted by atomic mass is 127. The van der Waals surface area contributed by atoms with Gasteiger partial charge >= 0.3 is 5.97 Å². The Balaban J connectivity index is 0.00000364. The number of amides is 1. The highest BCUT2D eigenvalue weighted by Crippen LogP contribution is 2.18. The van der Waals surface area contributed by atoms with Gasteiger partial charge in [-0.05, 0) is 32.6 Å². The van der Waals surface area contributed by atoms with E-state index in [9.17, 15) is 9.59 Å². The summed E-state index contributed by atoms with van der Waals surface area (Å²) in [6, 6.07) is 0. The third-order valence-corrected chi connectivity index (χ3v) is 4.72. The molecule has 1 amide bonds. The normalized spacial score (nSPS) is 22.8. The molecule has 0 saturated carbocycles. The first kappa shape index (κ1) is 23.9. The van der Waals surface area contributed by atoms with Gasteiger partial charge in [0.25, 0.3) is 0 Å². The van der Waals surface area contributed by atoms with Crippen LogP contribution in [0.5, 0.6) is 0 Å². The average Bonchev–Trinajstić information content (AvgIpc) is 3.15. The van der Waals surface area contributed by atoms with Gasteiger partial charge in [-0.1, -0.05) is 0 Å². The molecule has 1 N–H and O–H groups in total. The van der Waals surface area contributed by atoms with Crippen molar-refractivity contribution in [3.05, 3.63) is 0 Å². The van der Waals surface area contributed by atoms with Gasteiger partial charge in [0, 0.05) is 40.3 Å². The smallest absolute Gasteiger partial charge is 0.310 e. The van der Waals surface area contributed by atoms with Crippen molar-refractivity contribution in [3.8, 4) is 0 Å². The maximum Gasteiger partial charge on any atom is 0.310 e. The van der Waals surface area contributed by atoms with Crippen LogP contribution in [0, 0.1) is 5.92 Å². The molecule has 0 aliphatic carbocycles. The summed E-state index contributed by atoms with van der Waals surface area (Å²) in [5.74, 6) is 0.313. The predicted molar refractivity (Wildman–Crippen MR) is 114 cm³/mol. The molecule has 8 nitrogen and oxygen atoms in total. The Labute approximate surface area is 179 Å². The molecule has 2 aliphatic rings. The van der Waals surface area contributed by atoms with E-state index in [1.54, 1.807) is 14.1 Å². The van der Waals surface area contributed by atoms with Crippen LogP contribution in [0.3, 0.4) is 0 Å². The average molecular weight is 496 g/mol. The van der Waals surface area contributed by atoms with Crippen molar-refractivity contribution in [2.45, 2.75) is 38.7 Å². The lowest BCUT2D eigenvalue weighted by Crippen LogP contribution is -2.50. The minimum atomic E-state index is -0.153. The fraction of sp³-hybridized carbons (Fsp3) is 0.833. The molecule has 2 atom stereocenters. The summed E-state index contributed by atoms with van der Waals surface area (Å²) < 4.78 is 10.8. The SMILES string of the molecule is CCOC(=O)C1CCCN(C(=NCC(=O)N(C)C)NCC2CCCO2)C1.I. The van der Waals surface area contributed by atoms with E-state index in [-0.39, 0.29) is 54.4 Å². The number of halogens is 1. The van der Waals surface area contributed by atoms with Gasteiger partial charge in [0.1, 0.15) is 6.54 Å². The molecule has 0 aromatic heterocycles. The lowest BCUT2D eigenvalue weighted by atomic mass is 9.98. The highest BCUT2D eigenvalue weighted by Gasteiger charge is 2.29. The minimum absolute atomic E-state index is 0. The van der Waals surface area contributed by atoms with E-state index in [2.05, 4.69) is 15.2 Å². The molecule has 2 saturated heterocycles. The molecule has 27 heavy (non-hydrogen) atoms. The summed E-state index contributed by atoms with van der Waals surface area (Å²) in [7, 11) is 3.43. The number of hydrogen-bond donors (Lipinski definition) is 1. The number of esters is 1. The Morgan fingerprint density at radius 2 is 2.07 bits per heavy atom. The van der Waals surface area contributed by atoms with Crippen molar-refractivity contribution >= 4 is 41.8 Å². The van der Waals surface area contributed by atoms with Gasteiger partial charge in [0.15, 0.2) is 5.96 Å². The van der Waals surface area contributed by atoms with E-state index in [0.29, 0.717) is 25.7 Å². The first-order valence-corrected chi connectivity index (χ1v) is 9.53. The fourth-order valence-corrected chi connectivity index (χ4v) is 3.18. The number of hydrogen-bond acceptors (Lipinski definition) is 5. The summed E-state index contributed by atoms with van der Waals surface area (Å²) >= 11 is 0. The van der Waals surface area contributed by atoms with Crippen LogP contribution in [0.15, 0.2) is 4.99 Å². The van der Waals surface area contributed by atoms with Gasteiger partial charge in [0.05, 0.1) is 18.6 Å². The largest absolute Gasteiger partial charge is 0.466 e. The molecule has 156 valence electrons. The molecule has 0 spiro atoms. The van der Waals surface area contributed by atoms with Gasteiger partial charge in [-0.25, -0.2) is 4.99 Å². The highest BCUT2D eigenvalue weighted by molar-refractivity contribution is 14.0. The molecule has 9 heteroatoms. The third kappa shape index (κ3) is 7.81. The van der Waals surface area contributed by atoms with Crippen molar-refractivity contribution in [1.82, 2.24) is 15.1 Å². The second kappa shape index (κ2) is 12.4. The molecule has 2 unspecified atom stereocenters. The molecule has 0 aromatic carbocycles. The molecule has 2 rings (SSSR count). The Bertz CT molecular complexity index is 510. The summed E-state index contributed by atoms with van der Waals surface area (Å²) in [5, 5.41) is 3.35. The number of piperidine rings is 1. The van der Waals surface area contributed by atoms with Gasteiger partial charge in [-0.15, -0.1) is 24.0 Å². The molecule has 0 radical (unpaired) electrons. The van der Waals surface area contributed by atoms with E-state index in [1.807, 2.05) is 6.92 Å². The molecule has 2 heterocycles. The number of rotatable bonds is 6. The van der Waals surface area contributed by atoms with E-state index in [0.717, 1.165) is 38.8 Å². The summed E-state index contributed by atoms with van der Waals surface area (Å²) in [5.41, 5.74) is 0. The van der Waals surface area contributed by atoms with Crippen LogP contribution in [0.25, 0.3) is 0 Å². The number of ether oxygens (including phenoxy) is 2. The van der Waals surface area contributed by atoms with Crippen LogP contribution >= 0.6 is 24.0 Å². The number of carbonyl (C=O) groups is 2. The molecule has 2 fully saturated rings. The lowest BCUT2D eigenvalue weighted by Gasteiger charge is -2.34. The zero-order valence-electron chi connectivity index (χ0n) is 16.6. The zero-order chi connectivity index (χ0) is 18.9. The summed E-state index contributed by atoms with van der Waals surface area (Å²) in [6.07, 6.45) is 4.00. The van der Waals surface area contributed by atoms with Crippen LogP contribution < -0.4 is 5.32 Å². The lowest BCUT2D eigenvalue weighted by molar-refractivity contribution is -0.149. The van der Waals surface area contributed by atoms with Crippen molar-refractivity contribution in [2.75, 3.05) is 53.5 Å². The maximum absolute atomic E-state index is 12.1. The molecule has 2 aliphatic heterocycles. The fourth-order valence-electron chi connectivity index (χ4n) is 3.18. The minimum Gasteiger partial charge on any atom is -0.466 e. The first-order chi connectivity index (χ1) is 12.5. The molecular weight excluding hydrogens is 463 g/mol. The first-order valence-electron chi connectivity index (χ1n) is 9.53. The number of nitrogens with one attached hydrogen (secondary N) is 1. The zero-order valence-corrected chi connectivity index (χ0v) is 18.9. The Morgan fingerprint density at radius 3 is 2.70 bits per heavy atom. The van der Waals surface area contributed by atoms with E-state index in [4.69, 9.17) is 9.47 Å². The Morgan fingerprint density at radius 1 is 1.30 bits per heavy atom. The van der Waals surface area contributed by atoms with E-state index in [1.165, 1.54) is 4.90 Å². The van der Waals surface area contributed by atoms with Gasteiger partial charge in [-0.2, -0.15) is 0 Å². The van der Waals surface area contributed by atoms with Crippen LogP contribution in [-0.4, -0.2) is 87.2 Å². The molecule has 0 bridgehead atoms. The Hall–Kier alpha value is -1.10. The van der Waals surface area contributed by atoms with E-state index < -0.39 is 0 Å². The number of likely N-dealkylation sites (N-methyl/N-ethyl adjacent to an activating group) is 1. The third-order valence-electron chi connectivity index (χ3n) is 4.72. The van der Waals surface area contributed by atoms with Crippen molar-refractivity contribution < 1.29 is 19.1 Å².